The molecule has 1 heterocycles. The van der Waals surface area contributed by atoms with Crippen molar-refractivity contribution < 1.29 is 9.90 Å². The number of nitrogens with zero attached hydrogens (tertiary/aromatic N) is 1. The van der Waals surface area contributed by atoms with Gasteiger partial charge in [0, 0.05) is 17.8 Å². The average Bonchev–Trinajstić information content (AvgIpc) is 2.60. The Morgan fingerprint density at radius 1 is 1.82 bits per heavy atom. The molecule has 2 unspecified atom stereocenters. The molecule has 0 saturated heterocycles. The van der Waals surface area contributed by atoms with Gasteiger partial charge in [0.1, 0.15) is 0 Å². The van der Waals surface area contributed by atoms with E-state index < -0.39 is 5.97 Å². The maximum absolute atomic E-state index is 10.4. The molecule has 1 saturated carbocycles. The Kier molecular flexibility index (Phi) is 1.21. The molecule has 2 atom stereocenters. The topological polar surface area (TPSA) is 66.0 Å². The van der Waals surface area contributed by atoms with Gasteiger partial charge in [0.25, 0.3) is 0 Å². The largest absolute Gasteiger partial charge is 0.481 e. The first-order chi connectivity index (χ1) is 5.29. The van der Waals surface area contributed by atoms with Crippen molar-refractivity contribution in [3.63, 3.8) is 0 Å². The van der Waals surface area contributed by atoms with Crippen molar-refractivity contribution in [2.45, 2.75) is 12.3 Å². The molecule has 58 valence electrons. The highest BCUT2D eigenvalue weighted by atomic mass is 16.4. The van der Waals surface area contributed by atoms with Gasteiger partial charge < -0.3 is 5.11 Å². The van der Waals surface area contributed by atoms with Crippen LogP contribution in [0, 0.1) is 5.92 Å². The zero-order valence-electron chi connectivity index (χ0n) is 5.82. The van der Waals surface area contributed by atoms with Gasteiger partial charge in [-0.1, -0.05) is 0 Å². The van der Waals surface area contributed by atoms with Gasteiger partial charge in [0.05, 0.1) is 5.92 Å². The van der Waals surface area contributed by atoms with Crippen molar-refractivity contribution in [3.05, 3.63) is 18.0 Å². The van der Waals surface area contributed by atoms with Crippen LogP contribution < -0.4 is 0 Å². The van der Waals surface area contributed by atoms with Crippen molar-refractivity contribution in [1.82, 2.24) is 10.2 Å². The first-order valence-electron chi connectivity index (χ1n) is 3.51. The lowest BCUT2D eigenvalue weighted by Gasteiger charge is -1.89. The summed E-state index contributed by atoms with van der Waals surface area (Å²) in [4.78, 5) is 10.4. The van der Waals surface area contributed by atoms with E-state index in [-0.39, 0.29) is 11.8 Å². The van der Waals surface area contributed by atoms with Crippen molar-refractivity contribution >= 4 is 5.97 Å². The molecule has 0 amide bonds. The molecule has 0 bridgehead atoms. The molecule has 2 N–H and O–H groups in total. The molecule has 4 nitrogen and oxygen atoms in total. The van der Waals surface area contributed by atoms with Crippen LogP contribution in [-0.2, 0) is 4.79 Å². The Bertz CT molecular complexity index is 268. The summed E-state index contributed by atoms with van der Waals surface area (Å²) >= 11 is 0. The first-order valence-corrected chi connectivity index (χ1v) is 3.51. The SMILES string of the molecule is O=C(O)C1CC1c1ccn[nH]1. The fraction of sp³-hybridized carbons (Fsp3) is 0.429. The standard InChI is InChI=1S/C7H8N2O2/c10-7(11)5-3-4(5)6-1-2-8-9-6/h1-2,4-5H,3H2,(H,8,9)(H,10,11). The number of rotatable bonds is 2. The minimum absolute atomic E-state index is 0.176. The highest BCUT2D eigenvalue weighted by Crippen LogP contribution is 2.46. The lowest BCUT2D eigenvalue weighted by molar-refractivity contribution is -0.138. The molecule has 0 aromatic carbocycles. The van der Waals surface area contributed by atoms with Gasteiger partial charge in [0.2, 0.25) is 0 Å². The Labute approximate surface area is 63.2 Å². The monoisotopic (exact) mass is 152 g/mol. The van der Waals surface area contributed by atoms with Gasteiger partial charge in [-0.05, 0) is 12.5 Å². The number of carboxylic acids is 1. The molecule has 1 aliphatic rings. The van der Waals surface area contributed by atoms with Gasteiger partial charge in [-0.2, -0.15) is 5.10 Å². The number of H-pyrrole nitrogens is 1. The number of aromatic amines is 1. The van der Waals surface area contributed by atoms with E-state index in [0.29, 0.717) is 0 Å². The van der Waals surface area contributed by atoms with Crippen LogP contribution in [0.3, 0.4) is 0 Å². The maximum Gasteiger partial charge on any atom is 0.307 e. The molecule has 0 spiro atoms. The molecule has 0 aliphatic heterocycles. The summed E-state index contributed by atoms with van der Waals surface area (Å²) in [6, 6.07) is 1.83. The van der Waals surface area contributed by atoms with E-state index in [1.165, 1.54) is 0 Å². The van der Waals surface area contributed by atoms with Gasteiger partial charge in [-0.15, -0.1) is 0 Å². The summed E-state index contributed by atoms with van der Waals surface area (Å²) in [5.74, 6) is -0.713. The smallest absolute Gasteiger partial charge is 0.307 e. The predicted octanol–water partition coefficient (Wildman–Crippen LogP) is 0.598. The van der Waals surface area contributed by atoms with Gasteiger partial charge in [-0.25, -0.2) is 0 Å². The quantitative estimate of drug-likeness (QED) is 0.652. The van der Waals surface area contributed by atoms with Crippen LogP contribution in [0.1, 0.15) is 18.0 Å². The number of nitrogens with one attached hydrogen (secondary N) is 1. The Balaban J connectivity index is 2.08. The number of carbonyl (C=O) groups is 1. The first kappa shape index (κ1) is 6.39. The van der Waals surface area contributed by atoms with Crippen LogP contribution in [0.5, 0.6) is 0 Å². The van der Waals surface area contributed by atoms with E-state index in [2.05, 4.69) is 10.2 Å². The molecular formula is C7H8N2O2. The van der Waals surface area contributed by atoms with Crippen LogP contribution in [0.4, 0.5) is 0 Å². The molecule has 1 aromatic heterocycles. The van der Waals surface area contributed by atoms with Gasteiger partial charge >= 0.3 is 5.97 Å². The molecule has 1 aliphatic carbocycles. The van der Waals surface area contributed by atoms with E-state index in [1.807, 2.05) is 6.07 Å². The number of aromatic nitrogens is 2. The van der Waals surface area contributed by atoms with Crippen molar-refractivity contribution in [3.8, 4) is 0 Å². The molecule has 1 aromatic rings. The summed E-state index contributed by atoms with van der Waals surface area (Å²) in [5, 5.41) is 15.1. The van der Waals surface area contributed by atoms with Crippen LogP contribution in [0.25, 0.3) is 0 Å². The summed E-state index contributed by atoms with van der Waals surface area (Å²) in [6.45, 7) is 0. The average molecular weight is 152 g/mol. The molecule has 11 heavy (non-hydrogen) atoms. The van der Waals surface area contributed by atoms with E-state index >= 15 is 0 Å². The van der Waals surface area contributed by atoms with Crippen LogP contribution in [0.15, 0.2) is 12.3 Å². The second-order valence-corrected chi connectivity index (χ2v) is 2.80. The van der Waals surface area contributed by atoms with Crippen LogP contribution >= 0.6 is 0 Å². The Morgan fingerprint density at radius 2 is 2.64 bits per heavy atom. The normalized spacial score (nSPS) is 28.4. The maximum atomic E-state index is 10.4. The molecule has 0 radical (unpaired) electrons. The van der Waals surface area contributed by atoms with Gasteiger partial charge in [0.15, 0.2) is 0 Å². The lowest BCUT2D eigenvalue weighted by Crippen LogP contribution is -1.98. The minimum Gasteiger partial charge on any atom is -0.481 e. The Hall–Kier alpha value is -1.32. The highest BCUT2D eigenvalue weighted by molar-refractivity contribution is 5.74. The second kappa shape index (κ2) is 2.08. The highest BCUT2D eigenvalue weighted by Gasteiger charge is 2.44. The van der Waals surface area contributed by atoms with Crippen LogP contribution in [0.2, 0.25) is 0 Å². The van der Waals surface area contributed by atoms with E-state index in [4.69, 9.17) is 5.11 Å². The minimum atomic E-state index is -0.704. The fourth-order valence-corrected chi connectivity index (χ4v) is 1.28. The zero-order valence-corrected chi connectivity index (χ0v) is 5.82. The third-order valence-corrected chi connectivity index (χ3v) is 2.03. The summed E-state index contributed by atoms with van der Waals surface area (Å²) in [6.07, 6.45) is 2.39. The van der Waals surface area contributed by atoms with Crippen molar-refractivity contribution in [1.29, 1.82) is 0 Å². The number of aliphatic carboxylic acids is 1. The molecule has 1 fully saturated rings. The zero-order chi connectivity index (χ0) is 7.84. The van der Waals surface area contributed by atoms with E-state index in [1.54, 1.807) is 6.20 Å². The Morgan fingerprint density at radius 3 is 3.09 bits per heavy atom. The number of carboxylic acid groups (broad SMARTS) is 1. The third-order valence-electron chi connectivity index (χ3n) is 2.03. The molecule has 2 rings (SSSR count). The third kappa shape index (κ3) is 1.00. The fourth-order valence-electron chi connectivity index (χ4n) is 1.28. The van der Waals surface area contributed by atoms with E-state index in [0.717, 1.165) is 12.1 Å². The predicted molar refractivity (Wildman–Crippen MR) is 37.1 cm³/mol. The second-order valence-electron chi connectivity index (χ2n) is 2.80. The van der Waals surface area contributed by atoms with Crippen LogP contribution in [-0.4, -0.2) is 21.3 Å². The van der Waals surface area contributed by atoms with Gasteiger partial charge in [-0.3, -0.25) is 9.89 Å². The summed E-state index contributed by atoms with van der Waals surface area (Å²) < 4.78 is 0. The lowest BCUT2D eigenvalue weighted by atomic mass is 10.2. The van der Waals surface area contributed by atoms with Crippen molar-refractivity contribution in [2.75, 3.05) is 0 Å². The number of hydrogen-bond acceptors (Lipinski definition) is 2. The summed E-state index contributed by atoms with van der Waals surface area (Å²) in [5.41, 5.74) is 0.942. The molecule has 4 heteroatoms. The number of hydrogen-bond donors (Lipinski definition) is 2. The molecular weight excluding hydrogens is 144 g/mol. The van der Waals surface area contributed by atoms with Crippen molar-refractivity contribution in [2.24, 2.45) is 5.92 Å². The van der Waals surface area contributed by atoms with E-state index in [9.17, 15) is 4.79 Å². The summed E-state index contributed by atoms with van der Waals surface area (Å²) in [7, 11) is 0.